The molecular formula is C9H14BrN3O3. The predicted octanol–water partition coefficient (Wildman–Crippen LogP) is -0.325. The van der Waals surface area contributed by atoms with E-state index in [0.29, 0.717) is 16.2 Å². The minimum absolute atomic E-state index is 0.402. The van der Waals surface area contributed by atoms with Gasteiger partial charge in [-0.2, -0.15) is 0 Å². The molecule has 0 saturated heterocycles. The second kappa shape index (κ2) is 5.53. The smallest absolute Gasteiger partial charge is 0.131 e. The molecule has 16 heavy (non-hydrogen) atoms. The summed E-state index contributed by atoms with van der Waals surface area (Å²) in [6.45, 7) is 0.510. The van der Waals surface area contributed by atoms with E-state index in [1.165, 1.54) is 0 Å². The van der Waals surface area contributed by atoms with Gasteiger partial charge in [0.25, 0.3) is 0 Å². The molecule has 1 rings (SSSR count). The van der Waals surface area contributed by atoms with Crippen molar-refractivity contribution >= 4 is 21.7 Å². The molecule has 0 aliphatic rings. The van der Waals surface area contributed by atoms with Crippen LogP contribution < -0.4 is 5.32 Å². The van der Waals surface area contributed by atoms with Gasteiger partial charge in [-0.05, 0) is 22.9 Å². The Balaban J connectivity index is 2.93. The molecular weight excluding hydrogens is 278 g/mol. The van der Waals surface area contributed by atoms with Crippen molar-refractivity contribution in [1.29, 1.82) is 0 Å². The van der Waals surface area contributed by atoms with Crippen LogP contribution in [0, 0.1) is 6.92 Å². The summed E-state index contributed by atoms with van der Waals surface area (Å²) in [5, 5.41) is 30.2. The zero-order valence-electron chi connectivity index (χ0n) is 8.81. The molecule has 0 aromatic carbocycles. The van der Waals surface area contributed by atoms with Gasteiger partial charge < -0.3 is 20.6 Å². The summed E-state index contributed by atoms with van der Waals surface area (Å²) >= 11 is 3.21. The Morgan fingerprint density at radius 2 is 1.81 bits per heavy atom. The second-order valence-corrected chi connectivity index (χ2v) is 4.32. The number of hydrogen-bond acceptors (Lipinski definition) is 6. The summed E-state index contributed by atoms with van der Waals surface area (Å²) in [6, 6.07) is 1.60. The Morgan fingerprint density at radius 1 is 1.25 bits per heavy atom. The van der Waals surface area contributed by atoms with Crippen molar-refractivity contribution in [1.82, 2.24) is 9.97 Å². The maximum Gasteiger partial charge on any atom is 0.131 e. The van der Waals surface area contributed by atoms with Crippen LogP contribution in [-0.4, -0.2) is 50.6 Å². The van der Waals surface area contributed by atoms with Crippen molar-refractivity contribution in [3.63, 3.8) is 0 Å². The van der Waals surface area contributed by atoms with Crippen LogP contribution in [0.15, 0.2) is 10.7 Å². The van der Waals surface area contributed by atoms with Crippen molar-refractivity contribution in [2.24, 2.45) is 0 Å². The quantitative estimate of drug-likeness (QED) is 0.555. The largest absolute Gasteiger partial charge is 0.394 e. The van der Waals surface area contributed by atoms with Gasteiger partial charge in [0, 0.05) is 6.07 Å². The molecule has 1 heterocycles. The Hall–Kier alpha value is -0.760. The van der Waals surface area contributed by atoms with E-state index in [2.05, 4.69) is 31.2 Å². The van der Waals surface area contributed by atoms with Crippen LogP contribution in [0.25, 0.3) is 0 Å². The number of aliphatic hydroxyl groups excluding tert-OH is 3. The molecule has 0 atom stereocenters. The van der Waals surface area contributed by atoms with E-state index in [1.807, 2.05) is 0 Å². The molecule has 0 fully saturated rings. The summed E-state index contributed by atoms with van der Waals surface area (Å²) in [5.74, 6) is 0.969. The van der Waals surface area contributed by atoms with Crippen molar-refractivity contribution in [3.8, 4) is 0 Å². The molecule has 0 saturated carbocycles. The van der Waals surface area contributed by atoms with Gasteiger partial charge in [0.15, 0.2) is 0 Å². The Labute approximate surface area is 101 Å². The van der Waals surface area contributed by atoms with Crippen molar-refractivity contribution in [2.45, 2.75) is 12.5 Å². The number of halogens is 1. The standard InChI is InChI=1S/C9H14BrN3O3/c1-6-11-7(10)2-8(12-6)13-9(3-14,4-15)5-16/h2,14-16H,3-5H2,1H3,(H,11,12,13). The maximum absolute atomic E-state index is 9.14. The highest BCUT2D eigenvalue weighted by atomic mass is 79.9. The highest BCUT2D eigenvalue weighted by molar-refractivity contribution is 9.10. The van der Waals surface area contributed by atoms with Gasteiger partial charge in [0.2, 0.25) is 0 Å². The molecule has 7 heteroatoms. The molecule has 0 aliphatic carbocycles. The summed E-state index contributed by atoms with van der Waals surface area (Å²) in [4.78, 5) is 8.10. The molecule has 0 unspecified atom stereocenters. The van der Waals surface area contributed by atoms with Gasteiger partial charge in [-0.25, -0.2) is 9.97 Å². The van der Waals surface area contributed by atoms with Crippen LogP contribution in [0.1, 0.15) is 5.82 Å². The number of nitrogens with one attached hydrogen (secondary N) is 1. The third-order valence-corrected chi connectivity index (χ3v) is 2.51. The lowest BCUT2D eigenvalue weighted by atomic mass is 10.0. The van der Waals surface area contributed by atoms with Crippen LogP contribution in [0.2, 0.25) is 0 Å². The first-order valence-corrected chi connectivity index (χ1v) is 5.46. The molecule has 0 amide bonds. The third-order valence-electron chi connectivity index (χ3n) is 2.11. The van der Waals surface area contributed by atoms with Gasteiger partial charge >= 0.3 is 0 Å². The van der Waals surface area contributed by atoms with Crippen LogP contribution in [0.5, 0.6) is 0 Å². The predicted molar refractivity (Wildman–Crippen MR) is 62.1 cm³/mol. The number of aromatic nitrogens is 2. The molecule has 4 N–H and O–H groups in total. The molecule has 0 bridgehead atoms. The van der Waals surface area contributed by atoms with Gasteiger partial charge in [0.1, 0.15) is 21.8 Å². The average molecular weight is 292 g/mol. The molecule has 6 nitrogen and oxygen atoms in total. The van der Waals surface area contributed by atoms with Crippen molar-refractivity contribution in [3.05, 3.63) is 16.5 Å². The minimum atomic E-state index is -1.18. The molecule has 0 radical (unpaired) electrons. The van der Waals surface area contributed by atoms with Crippen LogP contribution in [0.3, 0.4) is 0 Å². The van der Waals surface area contributed by atoms with Gasteiger partial charge in [-0.15, -0.1) is 0 Å². The maximum atomic E-state index is 9.14. The number of anilines is 1. The number of rotatable bonds is 5. The Kier molecular flexibility index (Phi) is 4.60. The average Bonchev–Trinajstić information content (AvgIpc) is 2.25. The van der Waals surface area contributed by atoms with E-state index in [-0.39, 0.29) is 0 Å². The van der Waals surface area contributed by atoms with Gasteiger partial charge in [-0.1, -0.05) is 0 Å². The number of nitrogens with zero attached hydrogens (tertiary/aromatic N) is 2. The first-order chi connectivity index (χ1) is 7.55. The van der Waals surface area contributed by atoms with Crippen molar-refractivity contribution in [2.75, 3.05) is 25.1 Å². The number of aryl methyl sites for hydroxylation is 1. The van der Waals surface area contributed by atoms with Crippen molar-refractivity contribution < 1.29 is 15.3 Å². The normalized spacial score (nSPS) is 11.6. The van der Waals surface area contributed by atoms with E-state index in [9.17, 15) is 0 Å². The summed E-state index contributed by atoms with van der Waals surface area (Å²) < 4.78 is 0.588. The van der Waals surface area contributed by atoms with E-state index in [0.717, 1.165) is 0 Å². The first kappa shape index (κ1) is 13.3. The SMILES string of the molecule is Cc1nc(Br)cc(NC(CO)(CO)CO)n1. The number of aliphatic hydroxyl groups is 3. The topological polar surface area (TPSA) is 98.5 Å². The molecule has 1 aromatic rings. The van der Waals surface area contributed by atoms with E-state index in [4.69, 9.17) is 15.3 Å². The fraction of sp³-hybridized carbons (Fsp3) is 0.556. The molecule has 0 aliphatic heterocycles. The lowest BCUT2D eigenvalue weighted by Crippen LogP contribution is -2.49. The zero-order chi connectivity index (χ0) is 12.2. The van der Waals surface area contributed by atoms with E-state index in [1.54, 1.807) is 13.0 Å². The number of hydrogen-bond donors (Lipinski definition) is 4. The van der Waals surface area contributed by atoms with Crippen LogP contribution >= 0.6 is 15.9 Å². The first-order valence-electron chi connectivity index (χ1n) is 4.67. The Bertz CT molecular complexity index is 329. The lowest BCUT2D eigenvalue weighted by molar-refractivity contribution is 0.0831. The summed E-state index contributed by atoms with van der Waals surface area (Å²) in [7, 11) is 0. The van der Waals surface area contributed by atoms with E-state index >= 15 is 0 Å². The fourth-order valence-electron chi connectivity index (χ4n) is 1.14. The lowest BCUT2D eigenvalue weighted by Gasteiger charge is -2.29. The summed E-state index contributed by atoms with van der Waals surface area (Å²) in [5.41, 5.74) is -1.18. The molecule has 0 spiro atoms. The van der Waals surface area contributed by atoms with Gasteiger partial charge in [0.05, 0.1) is 19.8 Å². The van der Waals surface area contributed by atoms with Crippen LogP contribution in [-0.2, 0) is 0 Å². The molecule has 1 aromatic heterocycles. The fourth-order valence-corrected chi connectivity index (χ4v) is 1.61. The second-order valence-electron chi connectivity index (χ2n) is 3.50. The summed E-state index contributed by atoms with van der Waals surface area (Å²) in [6.07, 6.45) is 0. The van der Waals surface area contributed by atoms with Crippen LogP contribution in [0.4, 0.5) is 5.82 Å². The highest BCUT2D eigenvalue weighted by Crippen LogP contribution is 2.16. The van der Waals surface area contributed by atoms with E-state index < -0.39 is 25.4 Å². The zero-order valence-corrected chi connectivity index (χ0v) is 10.4. The molecule has 90 valence electrons. The Morgan fingerprint density at radius 3 is 2.25 bits per heavy atom. The highest BCUT2D eigenvalue weighted by Gasteiger charge is 2.28. The van der Waals surface area contributed by atoms with Gasteiger partial charge in [-0.3, -0.25) is 0 Å². The minimum Gasteiger partial charge on any atom is -0.394 e. The monoisotopic (exact) mass is 291 g/mol. The third kappa shape index (κ3) is 3.11.